The van der Waals surface area contributed by atoms with Crippen molar-refractivity contribution >= 4 is 33.2 Å². The molecule has 1 N–H and O–H groups in total. The average molecular weight is 388 g/mol. The molecule has 1 atom stereocenters. The number of aryl methyl sites for hydroxylation is 1. The van der Waals surface area contributed by atoms with Crippen LogP contribution in [0.2, 0.25) is 0 Å². The molecule has 3 rings (SSSR count). The van der Waals surface area contributed by atoms with Gasteiger partial charge in [0.15, 0.2) is 0 Å². The molecule has 1 fully saturated rings. The number of aromatic nitrogens is 1. The maximum absolute atomic E-state index is 12.4. The first-order valence-corrected chi connectivity index (χ1v) is 9.11. The second-order valence-corrected chi connectivity index (χ2v) is 7.42. The van der Waals surface area contributed by atoms with E-state index in [1.165, 1.54) is 12.8 Å². The number of pyridine rings is 1. The van der Waals surface area contributed by atoms with E-state index in [0.717, 1.165) is 34.5 Å². The molecule has 0 spiro atoms. The SMILES string of the molecule is Cc1cc(Br)ccc1NC(=O)c1ccc(N2CCCC(C)C2)cn1. The number of piperidine rings is 1. The summed E-state index contributed by atoms with van der Waals surface area (Å²) in [4.78, 5) is 19.1. The molecule has 0 saturated carbocycles. The largest absolute Gasteiger partial charge is 0.370 e. The van der Waals surface area contributed by atoms with Gasteiger partial charge in [0.2, 0.25) is 0 Å². The number of amides is 1. The number of carbonyl (C=O) groups excluding carboxylic acids is 1. The Morgan fingerprint density at radius 3 is 2.83 bits per heavy atom. The number of nitrogens with zero attached hydrogens (tertiary/aromatic N) is 2. The van der Waals surface area contributed by atoms with Crippen molar-refractivity contribution in [1.82, 2.24) is 4.98 Å². The van der Waals surface area contributed by atoms with Gasteiger partial charge in [0, 0.05) is 23.2 Å². The van der Waals surface area contributed by atoms with Gasteiger partial charge in [-0.25, -0.2) is 4.98 Å². The molecule has 4 nitrogen and oxygen atoms in total. The van der Waals surface area contributed by atoms with Gasteiger partial charge >= 0.3 is 0 Å². The smallest absolute Gasteiger partial charge is 0.274 e. The third-order valence-electron chi connectivity index (χ3n) is 4.44. The third kappa shape index (κ3) is 3.96. The minimum Gasteiger partial charge on any atom is -0.370 e. The first-order chi connectivity index (χ1) is 11.5. The quantitative estimate of drug-likeness (QED) is 0.833. The summed E-state index contributed by atoms with van der Waals surface area (Å²) in [6.07, 6.45) is 4.31. The van der Waals surface area contributed by atoms with Crippen LogP contribution < -0.4 is 10.2 Å². The van der Waals surface area contributed by atoms with Crippen molar-refractivity contribution in [2.75, 3.05) is 23.3 Å². The molecule has 1 aromatic heterocycles. The summed E-state index contributed by atoms with van der Waals surface area (Å²) >= 11 is 3.43. The van der Waals surface area contributed by atoms with Gasteiger partial charge in [0.25, 0.3) is 5.91 Å². The Morgan fingerprint density at radius 1 is 1.33 bits per heavy atom. The Morgan fingerprint density at radius 2 is 2.17 bits per heavy atom. The average Bonchev–Trinajstić information content (AvgIpc) is 2.57. The summed E-state index contributed by atoms with van der Waals surface area (Å²) in [6.45, 7) is 6.37. The molecule has 1 unspecified atom stereocenters. The lowest BCUT2D eigenvalue weighted by Crippen LogP contribution is -2.34. The third-order valence-corrected chi connectivity index (χ3v) is 4.93. The fraction of sp³-hybridized carbons (Fsp3) is 0.368. The summed E-state index contributed by atoms with van der Waals surface area (Å²) < 4.78 is 0.997. The fourth-order valence-corrected chi connectivity index (χ4v) is 3.56. The van der Waals surface area contributed by atoms with E-state index >= 15 is 0 Å². The zero-order valence-electron chi connectivity index (χ0n) is 14.1. The maximum atomic E-state index is 12.4. The van der Waals surface area contributed by atoms with Crippen LogP contribution >= 0.6 is 15.9 Å². The molecule has 1 aliphatic rings. The highest BCUT2D eigenvalue weighted by atomic mass is 79.9. The van der Waals surface area contributed by atoms with Crippen LogP contribution in [0.25, 0.3) is 0 Å². The first kappa shape index (κ1) is 17.0. The van der Waals surface area contributed by atoms with Crippen molar-refractivity contribution in [3.63, 3.8) is 0 Å². The minimum absolute atomic E-state index is 0.181. The molecule has 1 saturated heterocycles. The summed E-state index contributed by atoms with van der Waals surface area (Å²) in [7, 11) is 0. The second-order valence-electron chi connectivity index (χ2n) is 6.51. The highest BCUT2D eigenvalue weighted by Crippen LogP contribution is 2.23. The Bertz CT molecular complexity index is 730. The number of halogens is 1. The van der Waals surface area contributed by atoms with Crippen LogP contribution in [0.1, 0.15) is 35.8 Å². The van der Waals surface area contributed by atoms with Crippen molar-refractivity contribution in [2.24, 2.45) is 5.92 Å². The van der Waals surface area contributed by atoms with Crippen molar-refractivity contribution in [3.8, 4) is 0 Å². The molecule has 0 bridgehead atoms. The van der Waals surface area contributed by atoms with E-state index in [2.05, 4.69) is 38.1 Å². The number of nitrogens with one attached hydrogen (secondary N) is 1. The van der Waals surface area contributed by atoms with Gasteiger partial charge in [-0.3, -0.25) is 4.79 Å². The van der Waals surface area contributed by atoms with Crippen molar-refractivity contribution in [1.29, 1.82) is 0 Å². The van der Waals surface area contributed by atoms with Crippen molar-refractivity contribution < 1.29 is 4.79 Å². The summed E-state index contributed by atoms with van der Waals surface area (Å²) in [5, 5.41) is 2.92. The molecule has 1 aromatic carbocycles. The van der Waals surface area contributed by atoms with Crippen LogP contribution in [0.3, 0.4) is 0 Å². The number of carbonyl (C=O) groups is 1. The molecule has 2 heterocycles. The lowest BCUT2D eigenvalue weighted by atomic mass is 10.00. The van der Waals surface area contributed by atoms with Crippen molar-refractivity contribution in [3.05, 3.63) is 52.3 Å². The molecular formula is C19H22BrN3O. The van der Waals surface area contributed by atoms with Crippen LogP contribution in [0.15, 0.2) is 41.0 Å². The monoisotopic (exact) mass is 387 g/mol. The molecule has 1 aliphatic heterocycles. The predicted octanol–water partition coefficient (Wildman–Crippen LogP) is 4.64. The van der Waals surface area contributed by atoms with E-state index in [-0.39, 0.29) is 5.91 Å². The molecule has 2 aromatic rings. The van der Waals surface area contributed by atoms with E-state index in [0.29, 0.717) is 11.6 Å². The molecule has 24 heavy (non-hydrogen) atoms. The van der Waals surface area contributed by atoms with Crippen LogP contribution in [-0.2, 0) is 0 Å². The molecular weight excluding hydrogens is 366 g/mol. The highest BCUT2D eigenvalue weighted by molar-refractivity contribution is 9.10. The lowest BCUT2D eigenvalue weighted by Gasteiger charge is -2.32. The van der Waals surface area contributed by atoms with Gasteiger partial charge in [-0.05, 0) is 61.6 Å². The van der Waals surface area contributed by atoms with Gasteiger partial charge in [0.05, 0.1) is 11.9 Å². The number of rotatable bonds is 3. The molecule has 1 amide bonds. The topological polar surface area (TPSA) is 45.2 Å². The van der Waals surface area contributed by atoms with Gasteiger partial charge in [0.1, 0.15) is 5.69 Å². The van der Waals surface area contributed by atoms with E-state index in [4.69, 9.17) is 0 Å². The van der Waals surface area contributed by atoms with Gasteiger partial charge < -0.3 is 10.2 Å². The zero-order valence-corrected chi connectivity index (χ0v) is 15.6. The Balaban J connectivity index is 1.69. The molecule has 5 heteroatoms. The Kier molecular flexibility index (Phi) is 5.19. The number of hydrogen-bond acceptors (Lipinski definition) is 3. The van der Waals surface area contributed by atoms with Crippen molar-refractivity contribution in [2.45, 2.75) is 26.7 Å². The zero-order chi connectivity index (χ0) is 17.1. The van der Waals surface area contributed by atoms with E-state index in [1.807, 2.05) is 31.2 Å². The minimum atomic E-state index is -0.181. The second kappa shape index (κ2) is 7.34. The van der Waals surface area contributed by atoms with Crippen LogP contribution in [0, 0.1) is 12.8 Å². The number of benzene rings is 1. The van der Waals surface area contributed by atoms with Gasteiger partial charge in [-0.1, -0.05) is 22.9 Å². The first-order valence-electron chi connectivity index (χ1n) is 8.31. The van der Waals surface area contributed by atoms with Crippen LogP contribution in [0.5, 0.6) is 0 Å². The molecule has 0 radical (unpaired) electrons. The van der Waals surface area contributed by atoms with Gasteiger partial charge in [-0.15, -0.1) is 0 Å². The Hall–Kier alpha value is -1.88. The van der Waals surface area contributed by atoms with E-state index in [1.54, 1.807) is 12.3 Å². The fourth-order valence-electron chi connectivity index (χ4n) is 3.09. The lowest BCUT2D eigenvalue weighted by molar-refractivity contribution is 0.102. The summed E-state index contributed by atoms with van der Waals surface area (Å²) in [5.41, 5.74) is 3.35. The molecule has 126 valence electrons. The number of anilines is 2. The normalized spacial score (nSPS) is 17.6. The predicted molar refractivity (Wildman–Crippen MR) is 102 cm³/mol. The van der Waals surface area contributed by atoms with E-state index < -0.39 is 0 Å². The van der Waals surface area contributed by atoms with Crippen LogP contribution in [-0.4, -0.2) is 24.0 Å². The maximum Gasteiger partial charge on any atom is 0.274 e. The van der Waals surface area contributed by atoms with Gasteiger partial charge in [-0.2, -0.15) is 0 Å². The summed E-state index contributed by atoms with van der Waals surface area (Å²) in [6, 6.07) is 9.58. The highest BCUT2D eigenvalue weighted by Gasteiger charge is 2.17. The summed E-state index contributed by atoms with van der Waals surface area (Å²) in [5.74, 6) is 0.529. The standard InChI is InChI=1S/C19H22BrN3O/c1-13-4-3-9-23(12-13)16-6-8-18(21-11-16)19(24)22-17-7-5-15(20)10-14(17)2/h5-8,10-11,13H,3-4,9,12H2,1-2H3,(H,22,24). The Labute approximate surface area is 151 Å². The number of hydrogen-bond donors (Lipinski definition) is 1. The van der Waals surface area contributed by atoms with E-state index in [9.17, 15) is 4.79 Å². The van der Waals surface area contributed by atoms with Crippen LogP contribution in [0.4, 0.5) is 11.4 Å². The molecule has 0 aliphatic carbocycles.